The number of ether oxygens (including phenoxy) is 4. The van der Waals surface area contributed by atoms with Gasteiger partial charge < -0.3 is 33.8 Å². The van der Waals surface area contributed by atoms with Crippen molar-refractivity contribution in [3.8, 4) is 0 Å². The fraction of sp³-hybridized carbons (Fsp3) is 0.954. The largest absolute Gasteiger partial charge is 0.472 e. The smallest absolute Gasteiger partial charge is 0.462 e. The molecule has 19 heteroatoms. The molecule has 17 nitrogen and oxygen atoms in total. The van der Waals surface area contributed by atoms with Gasteiger partial charge in [-0.25, -0.2) is 9.13 Å². The van der Waals surface area contributed by atoms with Crippen LogP contribution in [0.2, 0.25) is 0 Å². The topological polar surface area (TPSA) is 237 Å². The molecule has 0 aromatic heterocycles. The van der Waals surface area contributed by atoms with Crippen molar-refractivity contribution in [2.75, 3.05) is 39.6 Å². The fourth-order valence-corrected chi connectivity index (χ4v) is 15.2. The second-order valence-electron chi connectivity index (χ2n) is 31.5. The van der Waals surface area contributed by atoms with Crippen LogP contribution in [0, 0.1) is 5.92 Å². The standard InChI is InChI=1S/C87H170O17P2/c1-6-10-13-16-19-22-25-28-31-34-35-36-37-39-42-45-48-51-58-63-68-73-86(91)103-82(76-97-84(89)70-65-60-55-49-46-43-41-38-32-29-26-23-20-17-14-11-7-2)78-101-105(93,94)99-74-81(88)75-100-106(95,96)102-79-83(77-98-85(90)71-66-61-56-53-52-54-59-64-69-80(5)9-4)104-87(92)72-67-62-57-50-47-44-40-33-30-27-24-21-18-15-12-8-3/h80-83,88H,6-79H2,1-5H3,(H,93,94)(H,95,96)/t80?,81-,82-,83-/m1/s1. The monoisotopic (exact) mass is 1550 g/mol. The number of aliphatic hydroxyl groups excluding tert-OH is 1. The summed E-state index contributed by atoms with van der Waals surface area (Å²) in [4.78, 5) is 73.3. The minimum absolute atomic E-state index is 0.108. The minimum atomic E-state index is -4.97. The van der Waals surface area contributed by atoms with Gasteiger partial charge in [-0.05, 0) is 31.6 Å². The van der Waals surface area contributed by atoms with Gasteiger partial charge in [-0.15, -0.1) is 0 Å². The normalized spacial score (nSPS) is 14.0. The Morgan fingerprint density at radius 2 is 0.453 bits per heavy atom. The summed E-state index contributed by atoms with van der Waals surface area (Å²) in [6.07, 6.45) is 73.5. The maximum absolute atomic E-state index is 13.2. The molecule has 0 aliphatic carbocycles. The first kappa shape index (κ1) is 104. The van der Waals surface area contributed by atoms with E-state index in [1.54, 1.807) is 0 Å². The number of hydrogen-bond donors (Lipinski definition) is 3. The van der Waals surface area contributed by atoms with Crippen molar-refractivity contribution in [1.29, 1.82) is 0 Å². The van der Waals surface area contributed by atoms with E-state index in [1.165, 1.54) is 295 Å². The molecule has 0 heterocycles. The van der Waals surface area contributed by atoms with E-state index in [9.17, 15) is 43.2 Å². The molecule has 3 unspecified atom stereocenters. The highest BCUT2D eigenvalue weighted by atomic mass is 31.2. The van der Waals surface area contributed by atoms with Crippen LogP contribution in [0.25, 0.3) is 0 Å². The van der Waals surface area contributed by atoms with Crippen LogP contribution in [0.4, 0.5) is 0 Å². The van der Waals surface area contributed by atoms with Gasteiger partial charge >= 0.3 is 39.5 Å². The van der Waals surface area contributed by atoms with Crippen molar-refractivity contribution in [3.05, 3.63) is 0 Å². The van der Waals surface area contributed by atoms with E-state index in [2.05, 4.69) is 34.6 Å². The maximum atomic E-state index is 13.2. The summed E-state index contributed by atoms with van der Waals surface area (Å²) in [7, 11) is -9.93. The number of carbonyl (C=O) groups excluding carboxylic acids is 4. The second kappa shape index (κ2) is 79.7. The van der Waals surface area contributed by atoms with Gasteiger partial charge in [-0.2, -0.15) is 0 Å². The van der Waals surface area contributed by atoms with Crippen LogP contribution in [0.5, 0.6) is 0 Å². The van der Waals surface area contributed by atoms with Gasteiger partial charge in [0.2, 0.25) is 0 Å². The third-order valence-corrected chi connectivity index (χ3v) is 22.8. The van der Waals surface area contributed by atoms with Crippen molar-refractivity contribution >= 4 is 39.5 Å². The molecule has 0 bridgehead atoms. The van der Waals surface area contributed by atoms with Crippen molar-refractivity contribution in [2.24, 2.45) is 5.92 Å². The molecule has 0 radical (unpaired) electrons. The van der Waals surface area contributed by atoms with Crippen molar-refractivity contribution < 1.29 is 80.2 Å². The van der Waals surface area contributed by atoms with E-state index >= 15 is 0 Å². The van der Waals surface area contributed by atoms with Gasteiger partial charge in [0.05, 0.1) is 26.4 Å². The van der Waals surface area contributed by atoms with Crippen molar-refractivity contribution in [2.45, 2.75) is 490 Å². The number of esters is 4. The first-order valence-corrected chi connectivity index (χ1v) is 48.2. The lowest BCUT2D eigenvalue weighted by Crippen LogP contribution is -2.30. The minimum Gasteiger partial charge on any atom is -0.462 e. The Kier molecular flexibility index (Phi) is 78.2. The summed E-state index contributed by atoms with van der Waals surface area (Å²) < 4.78 is 69.0. The molecule has 630 valence electrons. The first-order chi connectivity index (χ1) is 51.6. The van der Waals surface area contributed by atoms with Gasteiger partial charge in [0, 0.05) is 25.7 Å². The molecular formula is C87H170O17P2. The van der Waals surface area contributed by atoms with E-state index in [4.69, 9.17) is 37.0 Å². The highest BCUT2D eigenvalue weighted by molar-refractivity contribution is 7.47. The highest BCUT2D eigenvalue weighted by Crippen LogP contribution is 2.45. The average Bonchev–Trinajstić information content (AvgIpc) is 0.902. The predicted molar refractivity (Wildman–Crippen MR) is 437 cm³/mol. The zero-order valence-corrected chi connectivity index (χ0v) is 71.4. The third kappa shape index (κ3) is 78.7. The lowest BCUT2D eigenvalue weighted by atomic mass is 9.99. The Hall–Kier alpha value is -1.94. The number of rotatable bonds is 87. The van der Waals surface area contributed by atoms with Crippen LogP contribution >= 0.6 is 15.6 Å². The molecule has 0 aliphatic heterocycles. The van der Waals surface area contributed by atoms with Crippen LogP contribution in [0.1, 0.15) is 471 Å². The number of unbranched alkanes of at least 4 members (excludes halogenated alkanes) is 58. The van der Waals surface area contributed by atoms with Gasteiger partial charge in [-0.1, -0.05) is 420 Å². The number of aliphatic hydroxyl groups is 1. The Bertz CT molecular complexity index is 2020. The molecule has 6 atom stereocenters. The molecular weight excluding hydrogens is 1380 g/mol. The van der Waals surface area contributed by atoms with E-state index in [0.29, 0.717) is 25.7 Å². The summed E-state index contributed by atoms with van der Waals surface area (Å²) >= 11 is 0. The SMILES string of the molecule is CCCCCCCCCCCCCCCCCCCCCCCC(=O)O[C@H](COC(=O)CCCCCCCCCCCCCCCCCCC)COP(=O)(O)OC[C@@H](O)COP(=O)(O)OC[C@@H](COC(=O)CCCCCCCCCCC(C)CC)OC(=O)CCCCCCCCCCCCCCCCCC. The summed E-state index contributed by atoms with van der Waals surface area (Å²) in [5, 5.41) is 10.7. The van der Waals surface area contributed by atoms with Crippen LogP contribution < -0.4 is 0 Å². The quantitative estimate of drug-likeness (QED) is 0.0222. The van der Waals surface area contributed by atoms with Crippen LogP contribution in [-0.2, 0) is 65.4 Å². The van der Waals surface area contributed by atoms with Crippen molar-refractivity contribution in [1.82, 2.24) is 0 Å². The Labute approximate surface area is 651 Å². The van der Waals surface area contributed by atoms with Gasteiger partial charge in [0.25, 0.3) is 0 Å². The van der Waals surface area contributed by atoms with E-state index in [1.807, 2.05) is 0 Å². The zero-order chi connectivity index (χ0) is 77.6. The Balaban J connectivity index is 5.25. The summed E-state index contributed by atoms with van der Waals surface area (Å²) in [5.74, 6) is -1.32. The van der Waals surface area contributed by atoms with E-state index in [0.717, 1.165) is 95.8 Å². The van der Waals surface area contributed by atoms with Crippen LogP contribution in [0.3, 0.4) is 0 Å². The molecule has 0 aromatic carbocycles. The summed E-state index contributed by atoms with van der Waals surface area (Å²) in [6, 6.07) is 0. The van der Waals surface area contributed by atoms with E-state index in [-0.39, 0.29) is 25.7 Å². The van der Waals surface area contributed by atoms with Crippen LogP contribution in [-0.4, -0.2) is 96.7 Å². The predicted octanol–water partition coefficient (Wildman–Crippen LogP) is 26.8. The molecule has 0 aromatic rings. The third-order valence-electron chi connectivity index (χ3n) is 20.9. The number of hydrogen-bond acceptors (Lipinski definition) is 15. The van der Waals surface area contributed by atoms with Gasteiger partial charge in [0.15, 0.2) is 12.2 Å². The lowest BCUT2D eigenvalue weighted by Gasteiger charge is -2.21. The highest BCUT2D eigenvalue weighted by Gasteiger charge is 2.30. The number of carbonyl (C=O) groups is 4. The average molecular weight is 1550 g/mol. The van der Waals surface area contributed by atoms with E-state index < -0.39 is 97.5 Å². The maximum Gasteiger partial charge on any atom is 0.472 e. The summed E-state index contributed by atoms with van der Waals surface area (Å²) in [5.41, 5.74) is 0. The molecule has 0 aliphatic rings. The molecule has 106 heavy (non-hydrogen) atoms. The molecule has 0 amide bonds. The van der Waals surface area contributed by atoms with Crippen molar-refractivity contribution in [3.63, 3.8) is 0 Å². The fourth-order valence-electron chi connectivity index (χ4n) is 13.6. The zero-order valence-electron chi connectivity index (χ0n) is 69.6. The lowest BCUT2D eigenvalue weighted by molar-refractivity contribution is -0.161. The van der Waals surface area contributed by atoms with Gasteiger partial charge in [0.1, 0.15) is 19.3 Å². The Morgan fingerprint density at radius 1 is 0.264 bits per heavy atom. The molecule has 0 rings (SSSR count). The molecule has 3 N–H and O–H groups in total. The Morgan fingerprint density at radius 3 is 0.670 bits per heavy atom. The van der Waals surface area contributed by atoms with Gasteiger partial charge in [-0.3, -0.25) is 37.3 Å². The molecule has 0 fully saturated rings. The first-order valence-electron chi connectivity index (χ1n) is 45.2. The number of phosphoric acid groups is 2. The van der Waals surface area contributed by atoms with Crippen LogP contribution in [0.15, 0.2) is 0 Å². The second-order valence-corrected chi connectivity index (χ2v) is 34.4. The number of phosphoric ester groups is 2. The summed E-state index contributed by atoms with van der Waals surface area (Å²) in [6.45, 7) is 7.38. The molecule has 0 saturated carbocycles. The molecule has 0 saturated heterocycles. The molecule has 0 spiro atoms.